The van der Waals surface area contributed by atoms with Crippen molar-refractivity contribution in [2.24, 2.45) is 0 Å². The van der Waals surface area contributed by atoms with Gasteiger partial charge >= 0.3 is 0 Å². The molecule has 7 rings (SSSR count). The van der Waals surface area contributed by atoms with Crippen molar-refractivity contribution in [2.75, 3.05) is 10.6 Å². The first-order chi connectivity index (χ1) is 22.0. The van der Waals surface area contributed by atoms with E-state index in [-0.39, 0.29) is 11.8 Å². The van der Waals surface area contributed by atoms with E-state index in [1.807, 2.05) is 146 Å². The van der Waals surface area contributed by atoms with Gasteiger partial charge in [0, 0.05) is 21.9 Å². The Hall–Kier alpha value is -6.14. The molecule has 0 saturated heterocycles. The fraction of sp³-hybridized carbons (Fsp3) is 0.0256. The SMILES string of the molecule is Cc1ccc(NC(=O)c2cc(-c3ccccc3)nc3ccccc23)c(NC(=O)c2cc(-c3ccccc3)nc3ccccc23)c1. The highest BCUT2D eigenvalue weighted by Gasteiger charge is 2.19. The van der Waals surface area contributed by atoms with Gasteiger partial charge in [-0.25, -0.2) is 9.97 Å². The van der Waals surface area contributed by atoms with Crippen LogP contribution in [0.1, 0.15) is 26.3 Å². The van der Waals surface area contributed by atoms with Crippen LogP contribution in [-0.2, 0) is 0 Å². The average molecular weight is 585 g/mol. The second kappa shape index (κ2) is 11.9. The molecule has 0 saturated carbocycles. The lowest BCUT2D eigenvalue weighted by Gasteiger charge is -2.16. The summed E-state index contributed by atoms with van der Waals surface area (Å²) in [4.78, 5) is 37.5. The zero-order chi connectivity index (χ0) is 30.8. The van der Waals surface area contributed by atoms with E-state index in [0.717, 1.165) is 38.5 Å². The van der Waals surface area contributed by atoms with Crippen molar-refractivity contribution >= 4 is 45.0 Å². The molecule has 0 aliphatic rings. The maximum absolute atomic E-state index is 13.9. The molecule has 45 heavy (non-hydrogen) atoms. The number of nitrogens with one attached hydrogen (secondary N) is 2. The Morgan fingerprint density at radius 2 is 0.933 bits per heavy atom. The molecule has 2 amide bonds. The first-order valence-electron chi connectivity index (χ1n) is 14.7. The number of anilines is 2. The van der Waals surface area contributed by atoms with E-state index < -0.39 is 0 Å². The van der Waals surface area contributed by atoms with Crippen molar-refractivity contribution in [3.05, 3.63) is 156 Å². The van der Waals surface area contributed by atoms with Crippen molar-refractivity contribution in [2.45, 2.75) is 6.92 Å². The van der Waals surface area contributed by atoms with Crippen LogP contribution >= 0.6 is 0 Å². The van der Waals surface area contributed by atoms with E-state index in [4.69, 9.17) is 9.97 Å². The van der Waals surface area contributed by atoms with E-state index in [2.05, 4.69) is 10.6 Å². The van der Waals surface area contributed by atoms with Crippen molar-refractivity contribution in [1.29, 1.82) is 0 Å². The normalized spacial score (nSPS) is 11.0. The van der Waals surface area contributed by atoms with Crippen molar-refractivity contribution in [1.82, 2.24) is 9.97 Å². The minimum atomic E-state index is -0.300. The number of hydrogen-bond donors (Lipinski definition) is 2. The Labute approximate surface area is 260 Å². The summed E-state index contributed by atoms with van der Waals surface area (Å²) < 4.78 is 0. The monoisotopic (exact) mass is 584 g/mol. The molecule has 0 bridgehead atoms. The fourth-order valence-corrected chi connectivity index (χ4v) is 5.49. The van der Waals surface area contributed by atoms with Gasteiger partial charge in [0.1, 0.15) is 0 Å². The van der Waals surface area contributed by atoms with Crippen molar-refractivity contribution in [3.8, 4) is 22.5 Å². The number of para-hydroxylation sites is 2. The Bertz CT molecular complexity index is 2210. The van der Waals surface area contributed by atoms with Gasteiger partial charge in [0.05, 0.1) is 44.9 Å². The molecule has 0 atom stereocenters. The summed E-state index contributed by atoms with van der Waals surface area (Å²) in [6.45, 7) is 1.94. The van der Waals surface area contributed by atoms with Gasteiger partial charge in [-0.05, 0) is 48.9 Å². The second-order valence-electron chi connectivity index (χ2n) is 10.8. The molecule has 2 heterocycles. The summed E-state index contributed by atoms with van der Waals surface area (Å²) in [6, 6.07) is 44.0. The van der Waals surface area contributed by atoms with Crippen LogP contribution in [-0.4, -0.2) is 21.8 Å². The van der Waals surface area contributed by atoms with Gasteiger partial charge < -0.3 is 10.6 Å². The predicted molar refractivity (Wildman–Crippen MR) is 181 cm³/mol. The number of benzene rings is 5. The number of fused-ring (bicyclic) bond motifs is 2. The molecule has 2 aromatic heterocycles. The molecule has 5 aromatic carbocycles. The molecule has 0 fully saturated rings. The highest BCUT2D eigenvalue weighted by Crippen LogP contribution is 2.30. The quantitative estimate of drug-likeness (QED) is 0.204. The smallest absolute Gasteiger partial charge is 0.256 e. The van der Waals surface area contributed by atoms with E-state index in [0.29, 0.717) is 33.9 Å². The molecule has 6 nitrogen and oxygen atoms in total. The van der Waals surface area contributed by atoms with E-state index in [1.165, 1.54) is 0 Å². The number of hydrogen-bond acceptors (Lipinski definition) is 4. The molecular weight excluding hydrogens is 556 g/mol. The summed E-state index contributed by atoms with van der Waals surface area (Å²) in [5.74, 6) is -0.599. The minimum absolute atomic E-state index is 0.299. The van der Waals surface area contributed by atoms with Crippen molar-refractivity contribution in [3.63, 3.8) is 0 Å². The van der Waals surface area contributed by atoms with Crippen LogP contribution in [0.4, 0.5) is 11.4 Å². The van der Waals surface area contributed by atoms with Crippen LogP contribution in [0.5, 0.6) is 0 Å². The summed E-state index contributed by atoms with van der Waals surface area (Å²) in [5, 5.41) is 7.62. The van der Waals surface area contributed by atoms with Gasteiger partial charge in [-0.1, -0.05) is 103 Å². The number of rotatable bonds is 6. The van der Waals surface area contributed by atoms with Gasteiger partial charge in [0.25, 0.3) is 11.8 Å². The standard InChI is InChI=1S/C39H28N4O2/c1-25-20-21-34(42-38(44)30-23-35(26-12-4-2-5-13-26)40-32-18-10-8-16-28(30)32)37(22-25)43-39(45)31-24-36(27-14-6-3-7-15-27)41-33-19-11-9-17-29(31)33/h2-24H,1H3,(H,42,44)(H,43,45). The zero-order valence-electron chi connectivity index (χ0n) is 24.5. The maximum atomic E-state index is 13.9. The van der Waals surface area contributed by atoms with Crippen LogP contribution < -0.4 is 10.6 Å². The van der Waals surface area contributed by atoms with Gasteiger partial charge in [-0.15, -0.1) is 0 Å². The Balaban J connectivity index is 1.25. The number of carbonyl (C=O) groups is 2. The largest absolute Gasteiger partial charge is 0.320 e. The Morgan fingerprint density at radius 3 is 1.44 bits per heavy atom. The molecular formula is C39H28N4O2. The molecule has 0 radical (unpaired) electrons. The third-order valence-corrected chi connectivity index (χ3v) is 7.73. The highest BCUT2D eigenvalue weighted by molar-refractivity contribution is 6.17. The lowest BCUT2D eigenvalue weighted by atomic mass is 10.0. The molecule has 7 aromatic rings. The van der Waals surface area contributed by atoms with E-state index >= 15 is 0 Å². The highest BCUT2D eigenvalue weighted by atomic mass is 16.2. The molecule has 2 N–H and O–H groups in total. The molecule has 216 valence electrons. The minimum Gasteiger partial charge on any atom is -0.320 e. The first-order valence-corrected chi connectivity index (χ1v) is 14.7. The third kappa shape index (κ3) is 5.65. The number of pyridine rings is 2. The predicted octanol–water partition coefficient (Wildman–Crippen LogP) is 8.93. The van der Waals surface area contributed by atoms with Crippen LogP contribution in [0, 0.1) is 6.92 Å². The summed E-state index contributed by atoms with van der Waals surface area (Å²) >= 11 is 0. The van der Waals surface area contributed by atoms with Gasteiger partial charge in [-0.2, -0.15) is 0 Å². The number of aryl methyl sites for hydroxylation is 1. The molecule has 6 heteroatoms. The summed E-state index contributed by atoms with van der Waals surface area (Å²) in [5.41, 5.74) is 7.59. The van der Waals surface area contributed by atoms with Gasteiger partial charge in [0.2, 0.25) is 0 Å². The van der Waals surface area contributed by atoms with Crippen LogP contribution in [0.2, 0.25) is 0 Å². The number of aromatic nitrogens is 2. The molecule has 0 aliphatic heterocycles. The maximum Gasteiger partial charge on any atom is 0.256 e. The number of carbonyl (C=O) groups excluding carboxylic acids is 2. The van der Waals surface area contributed by atoms with Crippen LogP contribution in [0.3, 0.4) is 0 Å². The lowest BCUT2D eigenvalue weighted by Crippen LogP contribution is -2.18. The van der Waals surface area contributed by atoms with Crippen molar-refractivity contribution < 1.29 is 9.59 Å². The molecule has 0 spiro atoms. The van der Waals surface area contributed by atoms with E-state index in [9.17, 15) is 9.59 Å². The molecule has 0 aliphatic carbocycles. The second-order valence-corrected chi connectivity index (χ2v) is 10.8. The van der Waals surface area contributed by atoms with Gasteiger partial charge in [-0.3, -0.25) is 9.59 Å². The van der Waals surface area contributed by atoms with Gasteiger partial charge in [0.15, 0.2) is 0 Å². The van der Waals surface area contributed by atoms with Crippen LogP contribution in [0.15, 0.2) is 140 Å². The summed E-state index contributed by atoms with van der Waals surface area (Å²) in [6.07, 6.45) is 0. The Morgan fingerprint density at radius 1 is 0.489 bits per heavy atom. The third-order valence-electron chi connectivity index (χ3n) is 7.73. The average Bonchev–Trinajstić information content (AvgIpc) is 3.09. The number of amides is 2. The zero-order valence-corrected chi connectivity index (χ0v) is 24.5. The van der Waals surface area contributed by atoms with E-state index in [1.54, 1.807) is 0 Å². The van der Waals surface area contributed by atoms with Crippen LogP contribution in [0.25, 0.3) is 44.3 Å². The fourth-order valence-electron chi connectivity index (χ4n) is 5.49. The lowest BCUT2D eigenvalue weighted by molar-refractivity contribution is 0.101. The Kier molecular flexibility index (Phi) is 7.29. The summed E-state index contributed by atoms with van der Waals surface area (Å²) in [7, 11) is 0. The first kappa shape index (κ1) is 27.7. The topological polar surface area (TPSA) is 84.0 Å². The number of nitrogens with zero attached hydrogens (tertiary/aromatic N) is 2. The molecule has 0 unspecified atom stereocenters.